The second-order valence-corrected chi connectivity index (χ2v) is 6.71. The van der Waals surface area contributed by atoms with Gasteiger partial charge in [-0.1, -0.05) is 6.07 Å². The second-order valence-electron chi connectivity index (χ2n) is 6.71. The SMILES string of the molecule is COc1cccc(CN2C3CCC2Cc2c(nc(C)[nH]c2=O)C3)n1. The number of H-pyrrole nitrogens is 1. The molecule has 0 radical (unpaired) electrons. The molecule has 0 amide bonds. The zero-order chi connectivity index (χ0) is 16.7. The highest BCUT2D eigenvalue weighted by molar-refractivity contribution is 5.24. The minimum absolute atomic E-state index is 0.0319. The van der Waals surface area contributed by atoms with Gasteiger partial charge in [0.25, 0.3) is 5.56 Å². The molecule has 126 valence electrons. The molecule has 6 nitrogen and oxygen atoms in total. The minimum Gasteiger partial charge on any atom is -0.481 e. The molecule has 2 aliphatic heterocycles. The molecule has 2 bridgehead atoms. The summed E-state index contributed by atoms with van der Waals surface area (Å²) in [5.74, 6) is 1.35. The summed E-state index contributed by atoms with van der Waals surface area (Å²) in [7, 11) is 1.64. The molecule has 1 fully saturated rings. The number of aromatic amines is 1. The molecule has 0 saturated carbocycles. The van der Waals surface area contributed by atoms with Crippen LogP contribution in [0.3, 0.4) is 0 Å². The highest BCUT2D eigenvalue weighted by atomic mass is 16.5. The van der Waals surface area contributed by atoms with E-state index in [4.69, 9.17) is 4.74 Å². The van der Waals surface area contributed by atoms with Crippen LogP contribution in [0.5, 0.6) is 5.88 Å². The highest BCUT2D eigenvalue weighted by Crippen LogP contribution is 2.33. The van der Waals surface area contributed by atoms with Gasteiger partial charge in [0.15, 0.2) is 0 Å². The predicted molar refractivity (Wildman–Crippen MR) is 90.1 cm³/mol. The van der Waals surface area contributed by atoms with Crippen molar-refractivity contribution in [1.82, 2.24) is 19.9 Å². The van der Waals surface area contributed by atoms with E-state index in [1.807, 2.05) is 25.1 Å². The third-order valence-corrected chi connectivity index (χ3v) is 5.19. The molecule has 1 N–H and O–H groups in total. The largest absolute Gasteiger partial charge is 0.481 e. The summed E-state index contributed by atoms with van der Waals surface area (Å²) in [6, 6.07) is 6.69. The Morgan fingerprint density at radius 3 is 2.83 bits per heavy atom. The lowest BCUT2D eigenvalue weighted by Gasteiger charge is -2.27. The van der Waals surface area contributed by atoms with Crippen molar-refractivity contribution in [3.63, 3.8) is 0 Å². The van der Waals surface area contributed by atoms with Crippen molar-refractivity contribution < 1.29 is 4.74 Å². The summed E-state index contributed by atoms with van der Waals surface area (Å²) < 4.78 is 5.23. The maximum Gasteiger partial charge on any atom is 0.254 e. The van der Waals surface area contributed by atoms with E-state index in [9.17, 15) is 4.79 Å². The van der Waals surface area contributed by atoms with Crippen LogP contribution in [-0.2, 0) is 19.4 Å². The molecule has 2 aromatic rings. The molecule has 2 aliphatic rings. The van der Waals surface area contributed by atoms with Crippen molar-refractivity contribution in [2.45, 2.75) is 51.2 Å². The zero-order valence-electron chi connectivity index (χ0n) is 14.1. The van der Waals surface area contributed by atoms with E-state index in [1.54, 1.807) is 7.11 Å². The van der Waals surface area contributed by atoms with Gasteiger partial charge in [-0.2, -0.15) is 0 Å². The molecular formula is C18H22N4O2. The molecule has 24 heavy (non-hydrogen) atoms. The number of hydrogen-bond acceptors (Lipinski definition) is 5. The van der Waals surface area contributed by atoms with Crippen molar-refractivity contribution >= 4 is 0 Å². The van der Waals surface area contributed by atoms with E-state index in [1.165, 1.54) is 0 Å². The summed E-state index contributed by atoms with van der Waals surface area (Å²) in [5, 5.41) is 0. The Bertz CT molecular complexity index is 817. The molecule has 1 saturated heterocycles. The number of hydrogen-bond donors (Lipinski definition) is 1. The van der Waals surface area contributed by atoms with Gasteiger partial charge in [-0.3, -0.25) is 9.69 Å². The lowest BCUT2D eigenvalue weighted by atomic mass is 9.98. The van der Waals surface area contributed by atoms with Gasteiger partial charge in [-0.25, -0.2) is 9.97 Å². The summed E-state index contributed by atoms with van der Waals surface area (Å²) in [6.07, 6.45) is 3.90. The van der Waals surface area contributed by atoms with Gasteiger partial charge < -0.3 is 9.72 Å². The quantitative estimate of drug-likeness (QED) is 0.928. The molecule has 2 aromatic heterocycles. The van der Waals surface area contributed by atoms with Crippen LogP contribution in [-0.4, -0.2) is 39.0 Å². The maximum atomic E-state index is 12.3. The number of nitrogens with one attached hydrogen (secondary N) is 1. The molecule has 2 unspecified atom stereocenters. The lowest BCUT2D eigenvalue weighted by Crippen LogP contribution is -2.36. The van der Waals surface area contributed by atoms with Crippen LogP contribution < -0.4 is 10.3 Å². The Hall–Kier alpha value is -2.21. The fourth-order valence-corrected chi connectivity index (χ4v) is 4.06. The summed E-state index contributed by atoms with van der Waals surface area (Å²) in [6.45, 7) is 2.64. The number of rotatable bonds is 3. The van der Waals surface area contributed by atoms with E-state index in [0.717, 1.165) is 49.2 Å². The Labute approximate surface area is 140 Å². The van der Waals surface area contributed by atoms with Gasteiger partial charge in [0.2, 0.25) is 5.88 Å². The number of ether oxygens (including phenoxy) is 1. The zero-order valence-corrected chi connectivity index (χ0v) is 14.1. The van der Waals surface area contributed by atoms with Crippen LogP contribution in [0.4, 0.5) is 0 Å². The van der Waals surface area contributed by atoms with Crippen LogP contribution in [0.2, 0.25) is 0 Å². The van der Waals surface area contributed by atoms with E-state index in [2.05, 4.69) is 19.9 Å². The third-order valence-electron chi connectivity index (χ3n) is 5.19. The van der Waals surface area contributed by atoms with E-state index in [-0.39, 0.29) is 5.56 Å². The molecule has 4 heterocycles. The van der Waals surface area contributed by atoms with E-state index < -0.39 is 0 Å². The maximum absolute atomic E-state index is 12.3. The standard InChI is InChI=1S/C18H22N4O2/c1-11-19-16-9-14-7-6-13(8-15(16)18(23)20-11)22(14)10-12-4-3-5-17(21-12)24-2/h3-5,13-14H,6-10H2,1-2H3,(H,19,20,23). The first-order chi connectivity index (χ1) is 11.6. The van der Waals surface area contributed by atoms with Gasteiger partial charge in [0.1, 0.15) is 5.82 Å². The molecule has 2 atom stereocenters. The van der Waals surface area contributed by atoms with E-state index in [0.29, 0.717) is 23.8 Å². The predicted octanol–water partition coefficient (Wildman–Crippen LogP) is 1.61. The summed E-state index contributed by atoms with van der Waals surface area (Å²) >= 11 is 0. The third kappa shape index (κ3) is 2.71. The lowest BCUT2D eigenvalue weighted by molar-refractivity contribution is 0.184. The van der Waals surface area contributed by atoms with Crippen LogP contribution in [0.25, 0.3) is 0 Å². The summed E-state index contributed by atoms with van der Waals surface area (Å²) in [5.41, 5.74) is 2.89. The van der Waals surface area contributed by atoms with Crippen LogP contribution >= 0.6 is 0 Å². The first-order valence-electron chi connectivity index (χ1n) is 8.48. The number of fused-ring (bicyclic) bond motifs is 3. The molecule has 6 heteroatoms. The first-order valence-corrected chi connectivity index (χ1v) is 8.48. The van der Waals surface area contributed by atoms with Crippen molar-refractivity contribution in [2.24, 2.45) is 0 Å². The average molecular weight is 326 g/mol. The number of aromatic nitrogens is 3. The summed E-state index contributed by atoms with van der Waals surface area (Å²) in [4.78, 5) is 26.8. The highest BCUT2D eigenvalue weighted by Gasteiger charge is 2.38. The smallest absolute Gasteiger partial charge is 0.254 e. The van der Waals surface area contributed by atoms with E-state index >= 15 is 0 Å². The number of aryl methyl sites for hydroxylation is 1. The van der Waals surface area contributed by atoms with Crippen molar-refractivity contribution in [3.8, 4) is 5.88 Å². The van der Waals surface area contributed by atoms with Gasteiger partial charge in [-0.05, 0) is 32.3 Å². The Morgan fingerprint density at radius 2 is 2.04 bits per heavy atom. The van der Waals surface area contributed by atoms with Crippen LogP contribution in [0.1, 0.15) is 35.6 Å². The van der Waals surface area contributed by atoms with Crippen molar-refractivity contribution in [2.75, 3.05) is 7.11 Å². The molecule has 0 aliphatic carbocycles. The molecule has 4 rings (SSSR count). The fraction of sp³-hybridized carbons (Fsp3) is 0.500. The molecular weight excluding hydrogens is 304 g/mol. The van der Waals surface area contributed by atoms with Gasteiger partial charge in [-0.15, -0.1) is 0 Å². The number of nitrogens with zero attached hydrogens (tertiary/aromatic N) is 3. The Balaban J connectivity index is 1.63. The second kappa shape index (κ2) is 6.02. The molecule has 0 spiro atoms. The van der Waals surface area contributed by atoms with Gasteiger partial charge >= 0.3 is 0 Å². The normalized spacial score (nSPS) is 22.9. The van der Waals surface area contributed by atoms with Crippen LogP contribution in [0, 0.1) is 6.92 Å². The monoisotopic (exact) mass is 326 g/mol. The Morgan fingerprint density at radius 1 is 1.25 bits per heavy atom. The van der Waals surface area contributed by atoms with Gasteiger partial charge in [0.05, 0.1) is 18.5 Å². The topological polar surface area (TPSA) is 71.1 Å². The average Bonchev–Trinajstić information content (AvgIpc) is 2.83. The van der Waals surface area contributed by atoms with Crippen LogP contribution in [0.15, 0.2) is 23.0 Å². The molecule has 0 aromatic carbocycles. The van der Waals surface area contributed by atoms with Crippen molar-refractivity contribution in [1.29, 1.82) is 0 Å². The van der Waals surface area contributed by atoms with Crippen molar-refractivity contribution in [3.05, 3.63) is 51.3 Å². The number of pyridine rings is 1. The van der Waals surface area contributed by atoms with Gasteiger partial charge in [0, 0.05) is 36.7 Å². The first kappa shape index (κ1) is 15.3. The number of methoxy groups -OCH3 is 1. The Kier molecular flexibility index (Phi) is 3.84. The minimum atomic E-state index is 0.0319. The fourth-order valence-electron chi connectivity index (χ4n) is 4.06.